The van der Waals surface area contributed by atoms with Gasteiger partial charge in [0.05, 0.1) is 6.61 Å². The summed E-state index contributed by atoms with van der Waals surface area (Å²) in [5, 5.41) is 3.63. The molecule has 1 aliphatic heterocycles. The maximum absolute atomic E-state index is 5.81. The fraction of sp³-hybridized carbons (Fsp3) is 0.667. The van der Waals surface area contributed by atoms with Gasteiger partial charge < -0.3 is 10.1 Å². The summed E-state index contributed by atoms with van der Waals surface area (Å²) in [6.07, 6.45) is 4.13. The van der Waals surface area contributed by atoms with Crippen molar-refractivity contribution in [1.29, 1.82) is 0 Å². The maximum Gasteiger partial charge on any atom is 0.122 e. The van der Waals surface area contributed by atoms with Gasteiger partial charge in [-0.25, -0.2) is 0 Å². The van der Waals surface area contributed by atoms with Crippen LogP contribution in [0.1, 0.15) is 44.6 Å². The molecule has 1 N–H and O–H groups in total. The van der Waals surface area contributed by atoms with Gasteiger partial charge in [0, 0.05) is 11.5 Å². The van der Waals surface area contributed by atoms with Crippen molar-refractivity contribution in [3.63, 3.8) is 0 Å². The molecule has 2 heteroatoms. The Bertz CT molecular complexity index is 443. The number of para-hydroxylation sites is 1. The largest absolute Gasteiger partial charge is 0.493 e. The predicted molar refractivity (Wildman–Crippen MR) is 83.2 cm³/mol. The second kappa shape index (κ2) is 6.17. The average molecular weight is 273 g/mol. The maximum atomic E-state index is 5.81. The molecule has 2 nitrogen and oxygen atoms in total. The molecule has 1 heterocycles. The lowest BCUT2D eigenvalue weighted by Crippen LogP contribution is -2.37. The van der Waals surface area contributed by atoms with E-state index in [4.69, 9.17) is 4.74 Å². The van der Waals surface area contributed by atoms with E-state index in [-0.39, 0.29) is 0 Å². The van der Waals surface area contributed by atoms with Gasteiger partial charge in [0.15, 0.2) is 0 Å². The van der Waals surface area contributed by atoms with E-state index < -0.39 is 0 Å². The molecule has 1 saturated carbocycles. The second-order valence-electron chi connectivity index (χ2n) is 6.93. The normalized spacial score (nSPS) is 28.1. The molecular formula is C18H27NO. The summed E-state index contributed by atoms with van der Waals surface area (Å²) in [5.41, 5.74) is 1.44. The fourth-order valence-corrected chi connectivity index (χ4v) is 3.56. The minimum absolute atomic E-state index is 0.629. The Labute approximate surface area is 122 Å². The van der Waals surface area contributed by atoms with Gasteiger partial charge in [0.1, 0.15) is 5.75 Å². The minimum atomic E-state index is 0.629. The van der Waals surface area contributed by atoms with Crippen molar-refractivity contribution in [1.82, 2.24) is 5.32 Å². The molecule has 110 valence electrons. The standard InChI is InChI=1S/C18H27NO/c1-13(2)10-19-11-15-8-7-14(15)9-16-12-20-18-6-4-3-5-17(16)18/h3-6,13-16,19H,7-12H2,1-2H3. The monoisotopic (exact) mass is 273 g/mol. The van der Waals surface area contributed by atoms with Gasteiger partial charge in [-0.2, -0.15) is 0 Å². The van der Waals surface area contributed by atoms with Crippen LogP contribution in [0.2, 0.25) is 0 Å². The highest BCUT2D eigenvalue weighted by atomic mass is 16.5. The van der Waals surface area contributed by atoms with E-state index in [1.54, 1.807) is 0 Å². The minimum Gasteiger partial charge on any atom is -0.493 e. The molecule has 20 heavy (non-hydrogen) atoms. The summed E-state index contributed by atoms with van der Waals surface area (Å²) in [4.78, 5) is 0. The lowest BCUT2D eigenvalue weighted by Gasteiger charge is -2.38. The molecule has 3 unspecified atom stereocenters. The summed E-state index contributed by atoms with van der Waals surface area (Å²) in [6.45, 7) is 7.80. The van der Waals surface area contributed by atoms with Crippen LogP contribution in [-0.2, 0) is 0 Å². The zero-order chi connectivity index (χ0) is 13.9. The zero-order valence-electron chi connectivity index (χ0n) is 12.8. The van der Waals surface area contributed by atoms with Crippen molar-refractivity contribution in [2.75, 3.05) is 19.7 Å². The van der Waals surface area contributed by atoms with Crippen molar-refractivity contribution >= 4 is 0 Å². The fourth-order valence-electron chi connectivity index (χ4n) is 3.56. The topological polar surface area (TPSA) is 21.3 Å². The van der Waals surface area contributed by atoms with Gasteiger partial charge in [-0.1, -0.05) is 32.0 Å². The molecule has 1 aromatic rings. The SMILES string of the molecule is CC(C)CNCC1CCC1CC1COc2ccccc21. The van der Waals surface area contributed by atoms with E-state index >= 15 is 0 Å². The van der Waals surface area contributed by atoms with Crippen LogP contribution in [0.15, 0.2) is 24.3 Å². The van der Waals surface area contributed by atoms with Crippen LogP contribution in [-0.4, -0.2) is 19.7 Å². The van der Waals surface area contributed by atoms with Crippen molar-refractivity contribution in [2.24, 2.45) is 17.8 Å². The quantitative estimate of drug-likeness (QED) is 0.850. The Morgan fingerprint density at radius 3 is 2.75 bits per heavy atom. The van der Waals surface area contributed by atoms with Crippen molar-refractivity contribution in [3.8, 4) is 5.75 Å². The first kappa shape index (κ1) is 13.9. The number of fused-ring (bicyclic) bond motifs is 1. The van der Waals surface area contributed by atoms with Gasteiger partial charge in [0.2, 0.25) is 0 Å². The third-order valence-corrected chi connectivity index (χ3v) is 4.92. The van der Waals surface area contributed by atoms with Crippen molar-refractivity contribution in [2.45, 2.75) is 39.0 Å². The van der Waals surface area contributed by atoms with Crippen LogP contribution >= 0.6 is 0 Å². The smallest absolute Gasteiger partial charge is 0.122 e. The average Bonchev–Trinajstić information content (AvgIpc) is 2.83. The summed E-state index contributed by atoms with van der Waals surface area (Å²) >= 11 is 0. The third kappa shape index (κ3) is 3.01. The third-order valence-electron chi connectivity index (χ3n) is 4.92. The molecule has 3 atom stereocenters. The Kier molecular flexibility index (Phi) is 4.30. The van der Waals surface area contributed by atoms with E-state index in [1.165, 1.54) is 31.4 Å². The zero-order valence-corrected chi connectivity index (χ0v) is 12.8. The summed E-state index contributed by atoms with van der Waals surface area (Å²) < 4.78 is 5.81. The predicted octanol–water partition coefficient (Wildman–Crippen LogP) is 3.82. The number of rotatable bonds is 6. The number of hydrogen-bond acceptors (Lipinski definition) is 2. The molecule has 0 radical (unpaired) electrons. The van der Waals surface area contributed by atoms with Crippen LogP contribution in [0.3, 0.4) is 0 Å². The molecule has 2 aliphatic rings. The molecule has 0 spiro atoms. The molecule has 1 aromatic carbocycles. The first-order chi connectivity index (χ1) is 9.74. The summed E-state index contributed by atoms with van der Waals surface area (Å²) in [7, 11) is 0. The van der Waals surface area contributed by atoms with Gasteiger partial charge in [-0.05, 0) is 56.2 Å². The van der Waals surface area contributed by atoms with Gasteiger partial charge in [-0.3, -0.25) is 0 Å². The van der Waals surface area contributed by atoms with Gasteiger partial charge >= 0.3 is 0 Å². The number of benzene rings is 1. The van der Waals surface area contributed by atoms with E-state index in [0.717, 1.165) is 36.7 Å². The van der Waals surface area contributed by atoms with Gasteiger partial charge in [0.25, 0.3) is 0 Å². The Morgan fingerprint density at radius 1 is 1.20 bits per heavy atom. The van der Waals surface area contributed by atoms with E-state index in [9.17, 15) is 0 Å². The molecule has 1 aliphatic carbocycles. The summed E-state index contributed by atoms with van der Waals surface area (Å²) in [5.74, 6) is 4.29. The highest BCUT2D eigenvalue weighted by molar-refractivity contribution is 5.39. The molecule has 0 saturated heterocycles. The van der Waals surface area contributed by atoms with E-state index in [2.05, 4.69) is 43.4 Å². The first-order valence-corrected chi connectivity index (χ1v) is 8.16. The summed E-state index contributed by atoms with van der Waals surface area (Å²) in [6, 6.07) is 8.57. The molecule has 3 rings (SSSR count). The molecule has 0 amide bonds. The number of nitrogens with one attached hydrogen (secondary N) is 1. The second-order valence-corrected chi connectivity index (χ2v) is 6.93. The molecule has 0 bridgehead atoms. The highest BCUT2D eigenvalue weighted by Crippen LogP contribution is 2.44. The molecule has 1 fully saturated rings. The van der Waals surface area contributed by atoms with Crippen molar-refractivity contribution < 1.29 is 4.74 Å². The van der Waals surface area contributed by atoms with E-state index in [1.807, 2.05) is 0 Å². The lowest BCUT2D eigenvalue weighted by molar-refractivity contribution is 0.143. The van der Waals surface area contributed by atoms with Crippen LogP contribution in [0.5, 0.6) is 5.75 Å². The number of ether oxygens (including phenoxy) is 1. The van der Waals surface area contributed by atoms with Crippen LogP contribution in [0.4, 0.5) is 0 Å². The Hall–Kier alpha value is -1.02. The van der Waals surface area contributed by atoms with E-state index in [0.29, 0.717) is 5.92 Å². The van der Waals surface area contributed by atoms with Gasteiger partial charge in [-0.15, -0.1) is 0 Å². The molecule has 0 aromatic heterocycles. The van der Waals surface area contributed by atoms with Crippen LogP contribution in [0.25, 0.3) is 0 Å². The number of hydrogen-bond donors (Lipinski definition) is 1. The molecular weight excluding hydrogens is 246 g/mol. The van der Waals surface area contributed by atoms with Crippen molar-refractivity contribution in [3.05, 3.63) is 29.8 Å². The van der Waals surface area contributed by atoms with Crippen LogP contribution < -0.4 is 10.1 Å². The van der Waals surface area contributed by atoms with Crippen LogP contribution in [0, 0.1) is 17.8 Å². The lowest BCUT2D eigenvalue weighted by atomic mass is 9.69. The first-order valence-electron chi connectivity index (χ1n) is 8.16. The highest BCUT2D eigenvalue weighted by Gasteiger charge is 2.35. The Morgan fingerprint density at radius 2 is 2.00 bits per heavy atom. The Balaban J connectivity index is 1.49.